The molecule has 1 aromatic rings. The largest absolute Gasteiger partial charge is 0.466 e. The highest BCUT2D eigenvalue weighted by Gasteiger charge is 2.50. The summed E-state index contributed by atoms with van der Waals surface area (Å²) in [7, 11) is -0.0295. The van der Waals surface area contributed by atoms with Gasteiger partial charge in [0.2, 0.25) is 0 Å². The van der Waals surface area contributed by atoms with Crippen molar-refractivity contribution in [2.24, 2.45) is 18.0 Å². The SMILES string of the molecule is CN(N)/C(=N\OS(=O)(=O)O)[C@@H]1c2c(cnn2C)[C@@H]2CN1C(=O)N2C. The lowest BCUT2D eigenvalue weighted by atomic mass is 9.97. The van der Waals surface area contributed by atoms with Gasteiger partial charge in [-0.25, -0.2) is 14.9 Å². The van der Waals surface area contributed by atoms with Crippen LogP contribution >= 0.6 is 0 Å². The van der Waals surface area contributed by atoms with E-state index in [9.17, 15) is 13.2 Å². The van der Waals surface area contributed by atoms with Gasteiger partial charge in [0.15, 0.2) is 5.84 Å². The molecule has 132 valence electrons. The van der Waals surface area contributed by atoms with E-state index in [1.165, 1.54) is 11.9 Å². The fourth-order valence-corrected chi connectivity index (χ4v) is 3.27. The highest BCUT2D eigenvalue weighted by Crippen LogP contribution is 2.43. The maximum absolute atomic E-state index is 12.5. The lowest BCUT2D eigenvalue weighted by molar-refractivity contribution is 0.188. The van der Waals surface area contributed by atoms with Crippen molar-refractivity contribution in [1.29, 1.82) is 0 Å². The average molecular weight is 359 g/mol. The number of aromatic nitrogens is 2. The topological polar surface area (TPSA) is 147 Å². The van der Waals surface area contributed by atoms with Crippen LogP contribution in [-0.4, -0.2) is 70.1 Å². The molecule has 3 N–H and O–H groups in total. The van der Waals surface area contributed by atoms with E-state index in [1.807, 2.05) is 0 Å². The summed E-state index contributed by atoms with van der Waals surface area (Å²) in [4.78, 5) is 15.6. The van der Waals surface area contributed by atoms with Gasteiger partial charge in [0.1, 0.15) is 6.04 Å². The maximum atomic E-state index is 12.5. The number of fused-ring (bicyclic) bond motifs is 4. The van der Waals surface area contributed by atoms with E-state index in [-0.39, 0.29) is 17.9 Å². The molecule has 1 aromatic heterocycles. The zero-order chi connectivity index (χ0) is 17.8. The van der Waals surface area contributed by atoms with E-state index in [1.54, 1.807) is 29.9 Å². The Hall–Kier alpha value is -2.38. The lowest BCUT2D eigenvalue weighted by Crippen LogP contribution is -2.47. The molecule has 0 unspecified atom stereocenters. The van der Waals surface area contributed by atoms with E-state index < -0.39 is 16.4 Å². The van der Waals surface area contributed by atoms with Gasteiger partial charge in [-0.15, -0.1) is 0 Å². The van der Waals surface area contributed by atoms with Gasteiger partial charge >= 0.3 is 16.4 Å². The molecule has 0 aromatic carbocycles. The third-order valence-electron chi connectivity index (χ3n) is 4.16. The number of rotatable bonds is 3. The molecule has 2 aliphatic rings. The first-order valence-electron chi connectivity index (χ1n) is 6.89. The van der Waals surface area contributed by atoms with Gasteiger partial charge < -0.3 is 9.80 Å². The molecule has 1 fully saturated rings. The molecule has 3 rings (SSSR count). The summed E-state index contributed by atoms with van der Waals surface area (Å²) in [5, 5.41) is 8.67. The van der Waals surface area contributed by atoms with Crippen LogP contribution in [0.5, 0.6) is 0 Å². The molecule has 0 saturated carbocycles. The van der Waals surface area contributed by atoms with Crippen LogP contribution in [-0.2, 0) is 21.7 Å². The molecular weight excluding hydrogens is 342 g/mol. The molecule has 2 bridgehead atoms. The van der Waals surface area contributed by atoms with E-state index >= 15 is 0 Å². The van der Waals surface area contributed by atoms with E-state index in [2.05, 4.69) is 14.5 Å². The first-order chi connectivity index (χ1) is 11.1. The Bertz CT molecular complexity index is 817. The molecule has 0 radical (unpaired) electrons. The Morgan fingerprint density at radius 3 is 2.79 bits per heavy atom. The molecule has 1 saturated heterocycles. The van der Waals surface area contributed by atoms with Crippen LogP contribution in [0, 0.1) is 0 Å². The summed E-state index contributed by atoms with van der Waals surface area (Å²) >= 11 is 0. The van der Waals surface area contributed by atoms with Gasteiger partial charge in [0, 0.05) is 33.3 Å². The minimum atomic E-state index is -4.81. The first-order valence-corrected chi connectivity index (χ1v) is 8.26. The first kappa shape index (κ1) is 16.5. The molecule has 2 atom stereocenters. The fraction of sp³-hybridized carbons (Fsp3) is 0.545. The van der Waals surface area contributed by atoms with Crippen molar-refractivity contribution in [3.8, 4) is 0 Å². The number of carbonyl (C=O) groups is 1. The summed E-state index contributed by atoms with van der Waals surface area (Å²) in [5.41, 5.74) is 1.45. The molecule has 3 heterocycles. The monoisotopic (exact) mass is 359 g/mol. The van der Waals surface area contributed by atoms with Crippen LogP contribution in [0.1, 0.15) is 23.3 Å². The van der Waals surface area contributed by atoms with Crippen molar-refractivity contribution < 1.29 is 22.0 Å². The van der Waals surface area contributed by atoms with Gasteiger partial charge in [-0.1, -0.05) is 0 Å². The van der Waals surface area contributed by atoms with Crippen LogP contribution in [0.4, 0.5) is 4.79 Å². The third kappa shape index (κ3) is 2.46. The van der Waals surface area contributed by atoms with Crippen LogP contribution in [0.3, 0.4) is 0 Å². The predicted molar refractivity (Wildman–Crippen MR) is 80.6 cm³/mol. The van der Waals surface area contributed by atoms with E-state index in [0.717, 1.165) is 10.6 Å². The zero-order valence-electron chi connectivity index (χ0n) is 13.2. The number of nitrogens with zero attached hydrogens (tertiary/aromatic N) is 6. The van der Waals surface area contributed by atoms with Crippen LogP contribution in [0.15, 0.2) is 11.4 Å². The highest BCUT2D eigenvalue weighted by molar-refractivity contribution is 7.80. The van der Waals surface area contributed by atoms with Gasteiger partial charge in [0.25, 0.3) is 0 Å². The number of aryl methyl sites for hydroxylation is 1. The number of nitrogens with two attached hydrogens (primary N) is 1. The number of hydrogen-bond donors (Lipinski definition) is 2. The minimum Gasteiger partial charge on any atom is -0.319 e. The Kier molecular flexibility index (Phi) is 3.65. The van der Waals surface area contributed by atoms with Crippen LogP contribution in [0.25, 0.3) is 0 Å². The van der Waals surface area contributed by atoms with Crippen molar-refractivity contribution >= 4 is 22.3 Å². The Morgan fingerprint density at radius 1 is 1.54 bits per heavy atom. The van der Waals surface area contributed by atoms with E-state index in [0.29, 0.717) is 12.2 Å². The zero-order valence-corrected chi connectivity index (χ0v) is 14.0. The van der Waals surface area contributed by atoms with Crippen molar-refractivity contribution in [3.05, 3.63) is 17.5 Å². The minimum absolute atomic E-state index is 0.0698. The Balaban J connectivity index is 2.14. The Labute approximate surface area is 137 Å². The van der Waals surface area contributed by atoms with Crippen molar-refractivity contribution in [3.63, 3.8) is 0 Å². The van der Waals surface area contributed by atoms with Gasteiger partial charge in [-0.05, 0) is 5.16 Å². The fourth-order valence-electron chi connectivity index (χ4n) is 3.10. The van der Waals surface area contributed by atoms with Gasteiger partial charge in [0.05, 0.1) is 17.9 Å². The van der Waals surface area contributed by atoms with Crippen molar-refractivity contribution in [2.75, 3.05) is 20.6 Å². The molecule has 2 amide bonds. The standard InChI is InChI=1S/C11H17N7O5S/c1-15-7-5-18(11(15)19)9(8-6(7)4-13-17(8)3)10(16(2)12)14-23-24(20,21)22/h4,7,9H,5,12H2,1-3H3,(H,20,21,22)/b14-10-/t7-,9-/m0/s1. The Morgan fingerprint density at radius 2 is 2.21 bits per heavy atom. The summed E-state index contributed by atoms with van der Waals surface area (Å²) in [6.45, 7) is 0.372. The number of carbonyl (C=O) groups excluding carboxylic acids is 1. The number of amidine groups is 1. The number of oxime groups is 1. The number of hydrazine groups is 1. The summed E-state index contributed by atoms with van der Waals surface area (Å²) < 4.78 is 36.1. The lowest BCUT2D eigenvalue weighted by Gasteiger charge is -2.33. The molecule has 13 heteroatoms. The second kappa shape index (κ2) is 5.32. The smallest absolute Gasteiger partial charge is 0.319 e. The number of likely N-dealkylation sites (N-methyl/N-ethyl adjacent to an activating group) is 2. The van der Waals surface area contributed by atoms with Crippen molar-refractivity contribution in [2.45, 2.75) is 12.1 Å². The normalized spacial score (nSPS) is 23.5. The number of urea groups is 1. The van der Waals surface area contributed by atoms with Crippen molar-refractivity contribution in [1.82, 2.24) is 24.6 Å². The second-order valence-electron chi connectivity index (χ2n) is 5.64. The number of amides is 2. The summed E-state index contributed by atoms with van der Waals surface area (Å²) in [6, 6.07) is -1.23. The molecule has 24 heavy (non-hydrogen) atoms. The predicted octanol–water partition coefficient (Wildman–Crippen LogP) is -1.18. The molecule has 0 spiro atoms. The molecule has 12 nitrogen and oxygen atoms in total. The number of hydrogen-bond acceptors (Lipinski definition) is 7. The highest BCUT2D eigenvalue weighted by atomic mass is 32.3. The third-order valence-corrected chi connectivity index (χ3v) is 4.42. The second-order valence-corrected chi connectivity index (χ2v) is 6.64. The van der Waals surface area contributed by atoms with Crippen LogP contribution < -0.4 is 5.84 Å². The van der Waals surface area contributed by atoms with Gasteiger partial charge in [-0.3, -0.25) is 14.2 Å². The quantitative estimate of drug-likeness (QED) is 0.225. The van der Waals surface area contributed by atoms with E-state index in [4.69, 9.17) is 10.4 Å². The molecular formula is C11H17N7O5S. The summed E-state index contributed by atoms with van der Waals surface area (Å²) in [6.07, 6.45) is 1.65. The van der Waals surface area contributed by atoms with Gasteiger partial charge in [-0.2, -0.15) is 13.5 Å². The molecule has 2 aliphatic heterocycles. The summed E-state index contributed by atoms with van der Waals surface area (Å²) in [5.74, 6) is 5.68. The molecule has 0 aliphatic carbocycles. The maximum Gasteiger partial charge on any atom is 0.466 e. The van der Waals surface area contributed by atoms with Crippen LogP contribution in [0.2, 0.25) is 0 Å². The average Bonchev–Trinajstić information content (AvgIpc) is 2.96.